The number of benzene rings is 1. The lowest BCUT2D eigenvalue weighted by molar-refractivity contribution is -0.142. The van der Waals surface area contributed by atoms with Gasteiger partial charge in [-0.25, -0.2) is 0 Å². The highest BCUT2D eigenvalue weighted by Gasteiger charge is 2.44. The standard InChI is InChI=1S/C18H24ClN3O2.ClH/c1-21(17(24)18(20)10-5-2-6-11-18)15-9-12-22(16(15)23)14-8-4-3-7-13(14)19;/h3-4,7-8,15H,2,5-6,9-12,20H2,1H3;1H. The summed E-state index contributed by atoms with van der Waals surface area (Å²) in [6.45, 7) is 0.558. The molecule has 1 atom stereocenters. The minimum absolute atomic E-state index is 0. The molecular formula is C18H25Cl2N3O2. The molecule has 1 saturated carbocycles. The van der Waals surface area contributed by atoms with Crippen LogP contribution in [0.25, 0.3) is 0 Å². The van der Waals surface area contributed by atoms with Crippen molar-refractivity contribution in [1.82, 2.24) is 4.90 Å². The predicted molar refractivity (Wildman–Crippen MR) is 102 cm³/mol. The maximum atomic E-state index is 12.9. The van der Waals surface area contributed by atoms with Gasteiger partial charge in [0, 0.05) is 13.6 Å². The Bertz CT molecular complexity index is 647. The first kappa shape index (κ1) is 20.0. The van der Waals surface area contributed by atoms with Crippen molar-refractivity contribution in [2.24, 2.45) is 5.73 Å². The van der Waals surface area contributed by atoms with Crippen LogP contribution < -0.4 is 10.6 Å². The van der Waals surface area contributed by atoms with Crippen molar-refractivity contribution in [3.63, 3.8) is 0 Å². The third-order valence-corrected chi connectivity index (χ3v) is 5.60. The lowest BCUT2D eigenvalue weighted by Crippen LogP contribution is -2.58. The predicted octanol–water partition coefficient (Wildman–Crippen LogP) is 2.99. The van der Waals surface area contributed by atoms with Gasteiger partial charge in [0.1, 0.15) is 6.04 Å². The molecule has 0 spiro atoms. The minimum Gasteiger partial charge on any atom is -0.332 e. The molecule has 1 unspecified atom stereocenters. The maximum Gasteiger partial charge on any atom is 0.249 e. The molecule has 1 aliphatic carbocycles. The second-order valence-electron chi connectivity index (χ2n) is 6.88. The summed E-state index contributed by atoms with van der Waals surface area (Å²) in [5.74, 6) is -0.195. The van der Waals surface area contributed by atoms with Crippen molar-refractivity contribution < 1.29 is 9.59 Å². The molecule has 2 amide bonds. The molecule has 2 aliphatic rings. The molecule has 0 bridgehead atoms. The van der Waals surface area contributed by atoms with E-state index in [1.165, 1.54) is 0 Å². The number of para-hydroxylation sites is 1. The number of rotatable bonds is 3. The van der Waals surface area contributed by atoms with Gasteiger partial charge in [-0.2, -0.15) is 0 Å². The third-order valence-electron chi connectivity index (χ3n) is 5.28. The van der Waals surface area contributed by atoms with Crippen LogP contribution in [0.5, 0.6) is 0 Å². The number of anilines is 1. The van der Waals surface area contributed by atoms with Crippen LogP contribution in [-0.2, 0) is 9.59 Å². The number of hydrogen-bond donors (Lipinski definition) is 1. The molecular weight excluding hydrogens is 361 g/mol. The van der Waals surface area contributed by atoms with Gasteiger partial charge in [-0.1, -0.05) is 43.0 Å². The number of nitrogens with two attached hydrogens (primary N) is 1. The molecule has 1 aromatic rings. The van der Waals surface area contributed by atoms with E-state index in [1.807, 2.05) is 18.2 Å². The van der Waals surface area contributed by atoms with Crippen molar-refractivity contribution in [2.45, 2.75) is 50.1 Å². The molecule has 7 heteroatoms. The van der Waals surface area contributed by atoms with Gasteiger partial charge in [0.2, 0.25) is 11.8 Å². The second-order valence-corrected chi connectivity index (χ2v) is 7.29. The van der Waals surface area contributed by atoms with E-state index in [4.69, 9.17) is 17.3 Å². The molecule has 1 saturated heterocycles. The SMILES string of the molecule is CN(C(=O)C1(N)CCCCC1)C1CCN(c2ccccc2Cl)C1=O.Cl. The van der Waals surface area contributed by atoms with E-state index >= 15 is 0 Å². The van der Waals surface area contributed by atoms with Crippen LogP contribution in [0.15, 0.2) is 24.3 Å². The average Bonchev–Trinajstić information content (AvgIpc) is 2.96. The molecule has 5 nitrogen and oxygen atoms in total. The van der Waals surface area contributed by atoms with Gasteiger partial charge >= 0.3 is 0 Å². The lowest BCUT2D eigenvalue weighted by atomic mass is 9.81. The highest BCUT2D eigenvalue weighted by molar-refractivity contribution is 6.34. The number of carbonyl (C=O) groups is 2. The van der Waals surface area contributed by atoms with E-state index in [0.29, 0.717) is 36.5 Å². The molecule has 138 valence electrons. The summed E-state index contributed by atoms with van der Waals surface area (Å²) in [7, 11) is 1.70. The first-order valence-electron chi connectivity index (χ1n) is 8.56. The average molecular weight is 386 g/mol. The number of carbonyl (C=O) groups excluding carboxylic acids is 2. The summed E-state index contributed by atoms with van der Waals surface area (Å²) in [5, 5.41) is 0.544. The van der Waals surface area contributed by atoms with Gasteiger partial charge in [-0.05, 0) is 31.4 Å². The number of nitrogens with zero attached hydrogens (tertiary/aromatic N) is 2. The second kappa shape index (κ2) is 7.94. The minimum atomic E-state index is -0.814. The van der Waals surface area contributed by atoms with Crippen molar-refractivity contribution in [3.05, 3.63) is 29.3 Å². The summed E-state index contributed by atoms with van der Waals surface area (Å²) >= 11 is 6.21. The molecule has 1 aliphatic heterocycles. The van der Waals surface area contributed by atoms with E-state index in [1.54, 1.807) is 22.9 Å². The summed E-state index contributed by atoms with van der Waals surface area (Å²) in [6.07, 6.45) is 5.07. The molecule has 0 radical (unpaired) electrons. The molecule has 1 aromatic carbocycles. The highest BCUT2D eigenvalue weighted by Crippen LogP contribution is 2.32. The number of likely N-dealkylation sites (N-methyl/N-ethyl adjacent to an activating group) is 1. The molecule has 25 heavy (non-hydrogen) atoms. The zero-order valence-electron chi connectivity index (χ0n) is 14.4. The van der Waals surface area contributed by atoms with Crippen molar-refractivity contribution >= 4 is 41.5 Å². The Labute approximate surface area is 159 Å². The molecule has 1 heterocycles. The topological polar surface area (TPSA) is 66.6 Å². The van der Waals surface area contributed by atoms with Crippen LogP contribution in [-0.4, -0.2) is 41.9 Å². The largest absolute Gasteiger partial charge is 0.332 e. The fourth-order valence-corrected chi connectivity index (χ4v) is 4.06. The molecule has 2 N–H and O–H groups in total. The fraction of sp³-hybridized carbons (Fsp3) is 0.556. The van der Waals surface area contributed by atoms with Crippen molar-refractivity contribution in [3.8, 4) is 0 Å². The summed E-state index contributed by atoms with van der Waals surface area (Å²) < 4.78 is 0. The van der Waals surface area contributed by atoms with Gasteiger partial charge < -0.3 is 15.5 Å². The molecule has 3 rings (SSSR count). The Kier molecular flexibility index (Phi) is 6.35. The zero-order chi connectivity index (χ0) is 17.3. The Morgan fingerprint density at radius 1 is 1.28 bits per heavy atom. The Morgan fingerprint density at radius 2 is 1.92 bits per heavy atom. The van der Waals surface area contributed by atoms with Crippen molar-refractivity contribution in [2.75, 3.05) is 18.5 Å². The van der Waals surface area contributed by atoms with E-state index in [9.17, 15) is 9.59 Å². The Morgan fingerprint density at radius 3 is 2.56 bits per heavy atom. The quantitative estimate of drug-likeness (QED) is 0.869. The van der Waals surface area contributed by atoms with Gasteiger partial charge in [0.25, 0.3) is 0 Å². The monoisotopic (exact) mass is 385 g/mol. The fourth-order valence-electron chi connectivity index (χ4n) is 3.82. The van der Waals surface area contributed by atoms with E-state index in [2.05, 4.69) is 0 Å². The zero-order valence-corrected chi connectivity index (χ0v) is 16.0. The molecule has 0 aromatic heterocycles. The summed E-state index contributed by atoms with van der Waals surface area (Å²) in [4.78, 5) is 28.9. The van der Waals surface area contributed by atoms with Gasteiger partial charge in [0.15, 0.2) is 0 Å². The maximum absolute atomic E-state index is 12.9. The van der Waals surface area contributed by atoms with E-state index in [-0.39, 0.29) is 24.2 Å². The number of halogens is 2. The van der Waals surface area contributed by atoms with Crippen LogP contribution in [0, 0.1) is 0 Å². The summed E-state index contributed by atoms with van der Waals surface area (Å²) in [6, 6.07) is 6.82. The van der Waals surface area contributed by atoms with E-state index in [0.717, 1.165) is 19.3 Å². The lowest BCUT2D eigenvalue weighted by Gasteiger charge is -2.37. The van der Waals surface area contributed by atoms with Crippen LogP contribution in [0.3, 0.4) is 0 Å². The normalized spacial score (nSPS) is 22.4. The highest BCUT2D eigenvalue weighted by atomic mass is 35.5. The third kappa shape index (κ3) is 3.78. The smallest absolute Gasteiger partial charge is 0.249 e. The Hall–Kier alpha value is -1.30. The Balaban J connectivity index is 0.00000225. The van der Waals surface area contributed by atoms with Crippen LogP contribution in [0.2, 0.25) is 5.02 Å². The first-order chi connectivity index (χ1) is 11.4. The number of hydrogen-bond acceptors (Lipinski definition) is 3. The molecule has 2 fully saturated rings. The van der Waals surface area contributed by atoms with Crippen LogP contribution >= 0.6 is 24.0 Å². The first-order valence-corrected chi connectivity index (χ1v) is 8.94. The van der Waals surface area contributed by atoms with Gasteiger partial charge in [-0.3, -0.25) is 9.59 Å². The van der Waals surface area contributed by atoms with Crippen LogP contribution in [0.1, 0.15) is 38.5 Å². The number of amides is 2. The van der Waals surface area contributed by atoms with Crippen LogP contribution in [0.4, 0.5) is 5.69 Å². The van der Waals surface area contributed by atoms with Gasteiger partial charge in [-0.15, -0.1) is 12.4 Å². The van der Waals surface area contributed by atoms with E-state index < -0.39 is 11.6 Å². The van der Waals surface area contributed by atoms with Crippen molar-refractivity contribution in [1.29, 1.82) is 0 Å². The summed E-state index contributed by atoms with van der Waals surface area (Å²) in [5.41, 5.74) is 6.24. The van der Waals surface area contributed by atoms with Gasteiger partial charge in [0.05, 0.1) is 16.2 Å².